The second-order valence-electron chi connectivity index (χ2n) is 4.66. The van der Waals surface area contributed by atoms with Crippen molar-refractivity contribution >= 4 is 45.9 Å². The SMILES string of the molecule is O=C(Nc1cc(F)c(I)c(F)c1)C1Cc2ccccc2S1. The molecule has 0 saturated carbocycles. The minimum absolute atomic E-state index is 0.0757. The van der Waals surface area contributed by atoms with Gasteiger partial charge in [-0.1, -0.05) is 18.2 Å². The van der Waals surface area contributed by atoms with Crippen LogP contribution in [0.25, 0.3) is 0 Å². The van der Waals surface area contributed by atoms with Gasteiger partial charge in [0.2, 0.25) is 5.91 Å². The van der Waals surface area contributed by atoms with E-state index in [9.17, 15) is 13.6 Å². The number of anilines is 1. The van der Waals surface area contributed by atoms with E-state index >= 15 is 0 Å². The van der Waals surface area contributed by atoms with E-state index in [1.54, 1.807) is 22.6 Å². The Morgan fingerprint density at radius 1 is 1.24 bits per heavy atom. The van der Waals surface area contributed by atoms with Crippen molar-refractivity contribution in [1.82, 2.24) is 0 Å². The molecule has 6 heteroatoms. The molecule has 2 aromatic rings. The molecule has 2 aromatic carbocycles. The molecule has 108 valence electrons. The summed E-state index contributed by atoms with van der Waals surface area (Å²) in [5.74, 6) is -1.59. The van der Waals surface area contributed by atoms with Gasteiger partial charge in [0.15, 0.2) is 0 Å². The summed E-state index contributed by atoms with van der Waals surface area (Å²) < 4.78 is 26.9. The number of rotatable bonds is 2. The highest BCUT2D eigenvalue weighted by molar-refractivity contribution is 14.1. The number of hydrogen-bond donors (Lipinski definition) is 1. The Kier molecular flexibility index (Phi) is 4.17. The van der Waals surface area contributed by atoms with E-state index in [4.69, 9.17) is 0 Å². The Bertz CT molecular complexity index is 675. The predicted molar refractivity (Wildman–Crippen MR) is 87.5 cm³/mol. The third-order valence-corrected chi connectivity index (χ3v) is 5.54. The van der Waals surface area contributed by atoms with Crippen LogP contribution in [0.5, 0.6) is 0 Å². The fraction of sp³-hybridized carbons (Fsp3) is 0.133. The summed E-state index contributed by atoms with van der Waals surface area (Å²) in [6.07, 6.45) is 0.627. The lowest BCUT2D eigenvalue weighted by Crippen LogP contribution is -2.24. The number of carbonyl (C=O) groups is 1. The average molecular weight is 417 g/mol. The molecule has 0 aromatic heterocycles. The van der Waals surface area contributed by atoms with Crippen LogP contribution in [0.4, 0.5) is 14.5 Å². The van der Waals surface area contributed by atoms with Gasteiger partial charge in [0.05, 0.1) is 8.82 Å². The minimum Gasteiger partial charge on any atom is -0.325 e. The Morgan fingerprint density at radius 2 is 1.90 bits per heavy atom. The van der Waals surface area contributed by atoms with Crippen molar-refractivity contribution in [3.05, 3.63) is 57.2 Å². The van der Waals surface area contributed by atoms with Crippen LogP contribution in [0.15, 0.2) is 41.3 Å². The highest BCUT2D eigenvalue weighted by atomic mass is 127. The van der Waals surface area contributed by atoms with Crippen molar-refractivity contribution < 1.29 is 13.6 Å². The molecule has 1 heterocycles. The number of fused-ring (bicyclic) bond motifs is 1. The number of nitrogens with one attached hydrogen (secondary N) is 1. The number of thioether (sulfide) groups is 1. The van der Waals surface area contributed by atoms with Gasteiger partial charge in [-0.25, -0.2) is 8.78 Å². The molecule has 0 saturated heterocycles. The monoisotopic (exact) mass is 417 g/mol. The standard InChI is InChI=1S/C15H10F2INOS/c16-10-6-9(7-11(17)14(10)18)19-15(20)13-5-8-3-1-2-4-12(8)21-13/h1-4,6-7,13H,5H2,(H,19,20). The molecule has 21 heavy (non-hydrogen) atoms. The van der Waals surface area contributed by atoms with Gasteiger partial charge in [-0.05, 0) is 52.8 Å². The summed E-state index contributed by atoms with van der Waals surface area (Å²) in [6, 6.07) is 10.1. The Morgan fingerprint density at radius 3 is 2.57 bits per heavy atom. The van der Waals surface area contributed by atoms with Crippen molar-refractivity contribution in [2.45, 2.75) is 16.6 Å². The van der Waals surface area contributed by atoms with Crippen molar-refractivity contribution in [1.29, 1.82) is 0 Å². The zero-order valence-corrected chi connectivity index (χ0v) is 13.7. The molecule has 0 bridgehead atoms. The smallest absolute Gasteiger partial charge is 0.238 e. The highest BCUT2D eigenvalue weighted by Crippen LogP contribution is 2.37. The minimum atomic E-state index is -0.673. The summed E-state index contributed by atoms with van der Waals surface area (Å²) in [5.41, 5.74) is 1.27. The van der Waals surface area contributed by atoms with Gasteiger partial charge in [-0.15, -0.1) is 11.8 Å². The molecule has 0 aliphatic carbocycles. The highest BCUT2D eigenvalue weighted by Gasteiger charge is 2.28. The number of hydrogen-bond acceptors (Lipinski definition) is 2. The van der Waals surface area contributed by atoms with Crippen molar-refractivity contribution in [3.63, 3.8) is 0 Å². The normalized spacial score (nSPS) is 16.6. The van der Waals surface area contributed by atoms with Crippen LogP contribution in [0.3, 0.4) is 0 Å². The van der Waals surface area contributed by atoms with Crippen LogP contribution in [0, 0.1) is 15.2 Å². The van der Waals surface area contributed by atoms with E-state index in [-0.39, 0.29) is 20.4 Å². The molecule has 0 radical (unpaired) electrons. The number of benzene rings is 2. The number of halogens is 3. The maximum absolute atomic E-state index is 13.5. The molecular weight excluding hydrogens is 407 g/mol. The largest absolute Gasteiger partial charge is 0.325 e. The van der Waals surface area contributed by atoms with Crippen LogP contribution in [-0.2, 0) is 11.2 Å². The number of carbonyl (C=O) groups excluding carboxylic acids is 1. The van der Waals surface area contributed by atoms with Crippen molar-refractivity contribution in [2.75, 3.05) is 5.32 Å². The van der Waals surface area contributed by atoms with Crippen LogP contribution in [0.2, 0.25) is 0 Å². The zero-order valence-electron chi connectivity index (χ0n) is 10.7. The molecule has 1 aliphatic rings. The first-order chi connectivity index (χ1) is 10.0. The summed E-state index contributed by atoms with van der Waals surface area (Å²) in [5, 5.41) is 2.31. The lowest BCUT2D eigenvalue weighted by atomic mass is 10.1. The first-order valence-electron chi connectivity index (χ1n) is 6.24. The quantitative estimate of drug-likeness (QED) is 0.586. The van der Waals surface area contributed by atoms with Crippen LogP contribution in [-0.4, -0.2) is 11.2 Å². The Hall–Kier alpha value is -1.15. The Balaban J connectivity index is 1.74. The van der Waals surface area contributed by atoms with E-state index in [1.807, 2.05) is 24.3 Å². The maximum Gasteiger partial charge on any atom is 0.238 e. The third kappa shape index (κ3) is 3.06. The van der Waals surface area contributed by atoms with E-state index in [1.165, 1.54) is 11.8 Å². The van der Waals surface area contributed by atoms with Crippen molar-refractivity contribution in [2.24, 2.45) is 0 Å². The summed E-state index contributed by atoms with van der Waals surface area (Å²) in [6.45, 7) is 0. The fourth-order valence-electron chi connectivity index (χ4n) is 2.18. The second kappa shape index (κ2) is 5.92. The van der Waals surface area contributed by atoms with E-state index in [0.717, 1.165) is 22.6 Å². The maximum atomic E-state index is 13.5. The fourth-order valence-corrected chi connectivity index (χ4v) is 3.69. The zero-order chi connectivity index (χ0) is 15.0. The van der Waals surface area contributed by atoms with Crippen LogP contribution in [0.1, 0.15) is 5.56 Å². The summed E-state index contributed by atoms with van der Waals surface area (Å²) in [4.78, 5) is 13.3. The van der Waals surface area contributed by atoms with Gasteiger partial charge >= 0.3 is 0 Å². The molecule has 1 N–H and O–H groups in total. The lowest BCUT2D eigenvalue weighted by molar-refractivity contribution is -0.115. The second-order valence-corrected chi connectivity index (χ2v) is 6.98. The predicted octanol–water partition coefficient (Wildman–Crippen LogP) is 4.22. The molecule has 1 atom stereocenters. The molecule has 1 aliphatic heterocycles. The van der Waals surface area contributed by atoms with Gasteiger partial charge in [-0.2, -0.15) is 0 Å². The summed E-state index contributed by atoms with van der Waals surface area (Å²) in [7, 11) is 0. The topological polar surface area (TPSA) is 29.1 Å². The molecule has 2 nitrogen and oxygen atoms in total. The summed E-state index contributed by atoms with van der Waals surface area (Å²) >= 11 is 3.06. The molecule has 1 amide bonds. The van der Waals surface area contributed by atoms with E-state index in [2.05, 4.69) is 5.32 Å². The molecule has 0 spiro atoms. The molecule has 0 fully saturated rings. The first kappa shape index (κ1) is 14.8. The van der Waals surface area contributed by atoms with Gasteiger partial charge in [0.25, 0.3) is 0 Å². The van der Waals surface area contributed by atoms with Gasteiger partial charge in [0, 0.05) is 10.6 Å². The molecular formula is C15H10F2INOS. The number of amides is 1. The van der Waals surface area contributed by atoms with Gasteiger partial charge in [-0.3, -0.25) is 4.79 Å². The van der Waals surface area contributed by atoms with Crippen molar-refractivity contribution in [3.8, 4) is 0 Å². The van der Waals surface area contributed by atoms with Crippen LogP contribution >= 0.6 is 34.4 Å². The lowest BCUT2D eigenvalue weighted by Gasteiger charge is -2.10. The van der Waals surface area contributed by atoms with Crippen LogP contribution < -0.4 is 5.32 Å². The average Bonchev–Trinajstić information content (AvgIpc) is 2.88. The molecule has 3 rings (SSSR count). The molecule has 1 unspecified atom stereocenters. The van der Waals surface area contributed by atoms with E-state index in [0.29, 0.717) is 6.42 Å². The van der Waals surface area contributed by atoms with E-state index < -0.39 is 11.6 Å². The Labute approximate surface area is 138 Å². The first-order valence-corrected chi connectivity index (χ1v) is 8.20. The van der Waals surface area contributed by atoms with Gasteiger partial charge < -0.3 is 5.32 Å². The third-order valence-electron chi connectivity index (χ3n) is 3.19. The van der Waals surface area contributed by atoms with Gasteiger partial charge in [0.1, 0.15) is 11.6 Å².